The highest BCUT2D eigenvalue weighted by atomic mass is 32.2. The normalized spacial score (nSPS) is 17.4. The standard InChI is InChI=1S/C14H17NO5S/c1-3-7-11(14(17)20-4-2)15-13(16)10-8-5-6-9-12(10)21(15,18)19/h5-6,8-9,11H,3-4,7H2,1-2H3. The van der Waals surface area contributed by atoms with Crippen LogP contribution in [0.15, 0.2) is 29.2 Å². The molecular weight excluding hydrogens is 294 g/mol. The second-order valence-electron chi connectivity index (χ2n) is 4.66. The molecule has 0 aromatic heterocycles. The van der Waals surface area contributed by atoms with Gasteiger partial charge >= 0.3 is 5.97 Å². The Bertz CT molecular complexity index is 668. The Balaban J connectivity index is 2.48. The van der Waals surface area contributed by atoms with Crippen LogP contribution in [0, 0.1) is 0 Å². The van der Waals surface area contributed by atoms with E-state index in [0.29, 0.717) is 10.7 Å². The number of rotatable bonds is 5. The van der Waals surface area contributed by atoms with Crippen LogP contribution in [-0.4, -0.2) is 37.2 Å². The van der Waals surface area contributed by atoms with Gasteiger partial charge in [-0.25, -0.2) is 17.5 Å². The smallest absolute Gasteiger partial charge is 0.330 e. The fraction of sp³-hybridized carbons (Fsp3) is 0.429. The number of sulfonamides is 1. The molecule has 1 heterocycles. The molecule has 0 radical (unpaired) electrons. The van der Waals surface area contributed by atoms with Crippen LogP contribution in [-0.2, 0) is 19.6 Å². The zero-order chi connectivity index (χ0) is 15.6. The Kier molecular flexibility index (Phi) is 4.32. The van der Waals surface area contributed by atoms with E-state index >= 15 is 0 Å². The van der Waals surface area contributed by atoms with Gasteiger partial charge in [-0.3, -0.25) is 4.79 Å². The first-order valence-electron chi connectivity index (χ1n) is 6.79. The molecule has 6 nitrogen and oxygen atoms in total. The van der Waals surface area contributed by atoms with Crippen molar-refractivity contribution in [2.45, 2.75) is 37.6 Å². The maximum Gasteiger partial charge on any atom is 0.330 e. The highest BCUT2D eigenvalue weighted by Gasteiger charge is 2.47. The molecule has 114 valence electrons. The lowest BCUT2D eigenvalue weighted by Gasteiger charge is -2.24. The monoisotopic (exact) mass is 311 g/mol. The molecular formula is C14H17NO5S. The summed E-state index contributed by atoms with van der Waals surface area (Å²) in [7, 11) is -4.00. The molecule has 0 saturated heterocycles. The van der Waals surface area contributed by atoms with Crippen molar-refractivity contribution in [3.05, 3.63) is 29.8 Å². The van der Waals surface area contributed by atoms with E-state index in [1.54, 1.807) is 19.1 Å². The zero-order valence-electron chi connectivity index (χ0n) is 11.9. The van der Waals surface area contributed by atoms with Crippen molar-refractivity contribution in [3.63, 3.8) is 0 Å². The quantitative estimate of drug-likeness (QED) is 0.771. The first-order valence-corrected chi connectivity index (χ1v) is 8.23. The number of amides is 1. The van der Waals surface area contributed by atoms with E-state index in [0.717, 1.165) is 0 Å². The summed E-state index contributed by atoms with van der Waals surface area (Å²) in [6.45, 7) is 3.58. The van der Waals surface area contributed by atoms with Gasteiger partial charge in [0.15, 0.2) is 0 Å². The fourth-order valence-electron chi connectivity index (χ4n) is 2.35. The molecule has 0 saturated carbocycles. The van der Waals surface area contributed by atoms with Gasteiger partial charge in [0.2, 0.25) is 0 Å². The number of carbonyl (C=O) groups excluding carboxylic acids is 2. The fourth-order valence-corrected chi connectivity index (χ4v) is 4.09. The van der Waals surface area contributed by atoms with Gasteiger partial charge in [-0.2, -0.15) is 0 Å². The van der Waals surface area contributed by atoms with Gasteiger partial charge in [0.25, 0.3) is 15.9 Å². The number of esters is 1. The Morgan fingerprint density at radius 2 is 1.95 bits per heavy atom. The van der Waals surface area contributed by atoms with Gasteiger partial charge in [-0.15, -0.1) is 0 Å². The minimum atomic E-state index is -4.00. The van der Waals surface area contributed by atoms with Gasteiger partial charge in [-0.05, 0) is 25.5 Å². The van der Waals surface area contributed by atoms with Gasteiger partial charge in [0, 0.05) is 0 Å². The third-order valence-electron chi connectivity index (χ3n) is 3.26. The van der Waals surface area contributed by atoms with Crippen molar-refractivity contribution in [1.82, 2.24) is 4.31 Å². The summed E-state index contributed by atoms with van der Waals surface area (Å²) in [6.07, 6.45) is 0.789. The van der Waals surface area contributed by atoms with E-state index in [4.69, 9.17) is 4.74 Å². The molecule has 7 heteroatoms. The average molecular weight is 311 g/mol. The van der Waals surface area contributed by atoms with E-state index in [2.05, 4.69) is 0 Å². The largest absolute Gasteiger partial charge is 0.464 e. The summed E-state index contributed by atoms with van der Waals surface area (Å²) >= 11 is 0. The van der Waals surface area contributed by atoms with Crippen LogP contribution >= 0.6 is 0 Å². The van der Waals surface area contributed by atoms with Gasteiger partial charge < -0.3 is 4.74 Å². The van der Waals surface area contributed by atoms with Crippen molar-refractivity contribution in [2.75, 3.05) is 6.61 Å². The van der Waals surface area contributed by atoms with Crippen molar-refractivity contribution >= 4 is 21.9 Å². The maximum absolute atomic E-state index is 12.5. The lowest BCUT2D eigenvalue weighted by molar-refractivity contribution is -0.147. The summed E-state index contributed by atoms with van der Waals surface area (Å²) in [4.78, 5) is 24.3. The van der Waals surface area contributed by atoms with Crippen molar-refractivity contribution < 1.29 is 22.7 Å². The van der Waals surface area contributed by atoms with Crippen molar-refractivity contribution in [2.24, 2.45) is 0 Å². The molecule has 1 unspecified atom stereocenters. The van der Waals surface area contributed by atoms with E-state index in [1.807, 2.05) is 6.92 Å². The minimum absolute atomic E-state index is 0.0552. The number of ether oxygens (including phenoxy) is 1. The van der Waals surface area contributed by atoms with Crippen LogP contribution in [0.2, 0.25) is 0 Å². The summed E-state index contributed by atoms with van der Waals surface area (Å²) in [6, 6.07) is 4.85. The molecule has 21 heavy (non-hydrogen) atoms. The van der Waals surface area contributed by atoms with E-state index in [9.17, 15) is 18.0 Å². The zero-order valence-corrected chi connectivity index (χ0v) is 12.7. The molecule has 0 spiro atoms. The molecule has 0 bridgehead atoms. The first kappa shape index (κ1) is 15.5. The van der Waals surface area contributed by atoms with Crippen molar-refractivity contribution in [1.29, 1.82) is 0 Å². The predicted molar refractivity (Wildman–Crippen MR) is 75.1 cm³/mol. The number of benzene rings is 1. The molecule has 0 fully saturated rings. The molecule has 1 aromatic rings. The van der Waals surface area contributed by atoms with Crippen LogP contribution in [0.25, 0.3) is 0 Å². The number of hydrogen-bond acceptors (Lipinski definition) is 5. The second kappa shape index (κ2) is 5.85. The van der Waals surface area contributed by atoms with Crippen LogP contribution < -0.4 is 0 Å². The minimum Gasteiger partial charge on any atom is -0.464 e. The summed E-state index contributed by atoms with van der Waals surface area (Å²) in [5.74, 6) is -1.36. The molecule has 1 aliphatic rings. The van der Waals surface area contributed by atoms with Crippen LogP contribution in [0.1, 0.15) is 37.0 Å². The van der Waals surface area contributed by atoms with Crippen molar-refractivity contribution in [3.8, 4) is 0 Å². The second-order valence-corrected chi connectivity index (χ2v) is 6.44. The highest BCUT2D eigenvalue weighted by molar-refractivity contribution is 7.90. The highest BCUT2D eigenvalue weighted by Crippen LogP contribution is 2.33. The number of fused-ring (bicyclic) bond motifs is 1. The predicted octanol–water partition coefficient (Wildman–Crippen LogP) is 1.56. The van der Waals surface area contributed by atoms with Crippen LogP contribution in [0.3, 0.4) is 0 Å². The maximum atomic E-state index is 12.5. The number of carbonyl (C=O) groups is 2. The Hall–Kier alpha value is -1.89. The third kappa shape index (κ3) is 2.53. The van der Waals surface area contributed by atoms with Gasteiger partial charge in [0.1, 0.15) is 10.9 Å². The van der Waals surface area contributed by atoms with Gasteiger partial charge in [0.05, 0.1) is 12.2 Å². The molecule has 1 amide bonds. The number of nitrogens with zero attached hydrogens (tertiary/aromatic N) is 1. The lowest BCUT2D eigenvalue weighted by atomic mass is 10.1. The van der Waals surface area contributed by atoms with E-state index < -0.39 is 27.9 Å². The molecule has 1 atom stereocenters. The SMILES string of the molecule is CCCC(C(=O)OCC)N1C(=O)c2ccccc2S1(=O)=O. The summed E-state index contributed by atoms with van der Waals surface area (Å²) in [5.41, 5.74) is 0.0999. The van der Waals surface area contributed by atoms with Crippen LogP contribution in [0.4, 0.5) is 0 Å². The Morgan fingerprint density at radius 1 is 1.29 bits per heavy atom. The topological polar surface area (TPSA) is 80.8 Å². The lowest BCUT2D eigenvalue weighted by Crippen LogP contribution is -2.45. The molecule has 0 N–H and O–H groups in total. The van der Waals surface area contributed by atoms with E-state index in [-0.39, 0.29) is 23.5 Å². The summed E-state index contributed by atoms with van der Waals surface area (Å²) in [5, 5.41) is 0. The Labute approximate surface area is 123 Å². The first-order chi connectivity index (χ1) is 9.95. The molecule has 1 aromatic carbocycles. The molecule has 2 rings (SSSR count). The third-order valence-corrected chi connectivity index (χ3v) is 5.11. The summed E-state index contributed by atoms with van der Waals surface area (Å²) < 4.78 is 30.6. The van der Waals surface area contributed by atoms with E-state index in [1.165, 1.54) is 12.1 Å². The average Bonchev–Trinajstić information content (AvgIpc) is 2.65. The molecule has 0 aliphatic carbocycles. The van der Waals surface area contributed by atoms with Crippen LogP contribution in [0.5, 0.6) is 0 Å². The Morgan fingerprint density at radius 3 is 2.52 bits per heavy atom. The molecule has 1 aliphatic heterocycles. The van der Waals surface area contributed by atoms with Gasteiger partial charge in [-0.1, -0.05) is 25.5 Å². The number of hydrogen-bond donors (Lipinski definition) is 0.